The number of nitrogens with one attached hydrogen (secondary N) is 1. The van der Waals surface area contributed by atoms with Gasteiger partial charge in [-0.25, -0.2) is 4.90 Å². The van der Waals surface area contributed by atoms with Gasteiger partial charge in [-0.3, -0.25) is 9.59 Å². The molecule has 2 rings (SSSR count). The quantitative estimate of drug-likeness (QED) is 0.497. The summed E-state index contributed by atoms with van der Waals surface area (Å²) in [6.45, 7) is 1.72. The van der Waals surface area contributed by atoms with Crippen LogP contribution in [0.15, 0.2) is 66.4 Å². The molecule has 0 aliphatic heterocycles. The van der Waals surface area contributed by atoms with Gasteiger partial charge >= 0.3 is 0 Å². The summed E-state index contributed by atoms with van der Waals surface area (Å²) in [5, 5.41) is 12.2. The lowest BCUT2D eigenvalue weighted by Gasteiger charge is -2.19. The Morgan fingerprint density at radius 1 is 1.16 bits per heavy atom. The Balaban J connectivity index is 2.17. The van der Waals surface area contributed by atoms with Crippen LogP contribution < -0.4 is 16.0 Å². The fraction of sp³-hybridized carbons (Fsp3) is 0.105. The first-order chi connectivity index (χ1) is 12.0. The van der Waals surface area contributed by atoms with Gasteiger partial charge in [0.15, 0.2) is 0 Å². The second-order valence-electron chi connectivity index (χ2n) is 5.29. The molecule has 25 heavy (non-hydrogen) atoms. The molecule has 3 N–H and O–H groups in total. The van der Waals surface area contributed by atoms with Gasteiger partial charge in [0, 0.05) is 25.4 Å². The first-order valence-electron chi connectivity index (χ1n) is 7.61. The Kier molecular flexibility index (Phi) is 5.91. The van der Waals surface area contributed by atoms with Crippen LogP contribution >= 0.6 is 0 Å². The van der Waals surface area contributed by atoms with Crippen molar-refractivity contribution >= 4 is 23.2 Å². The minimum absolute atomic E-state index is 0.164. The van der Waals surface area contributed by atoms with Crippen molar-refractivity contribution in [2.45, 2.75) is 13.5 Å². The summed E-state index contributed by atoms with van der Waals surface area (Å²) in [6, 6.07) is 17.7. The molecule has 0 spiro atoms. The topological polar surface area (TPSA) is 99.2 Å². The Morgan fingerprint density at radius 2 is 1.80 bits per heavy atom. The number of hydrogen-bond acceptors (Lipinski definition) is 5. The molecule has 2 aromatic carbocycles. The van der Waals surface area contributed by atoms with Crippen molar-refractivity contribution in [3.8, 4) is 6.07 Å². The molecule has 2 amide bonds. The van der Waals surface area contributed by atoms with Crippen LogP contribution in [-0.4, -0.2) is 11.8 Å². The van der Waals surface area contributed by atoms with Crippen molar-refractivity contribution in [2.24, 2.45) is 0 Å². The van der Waals surface area contributed by atoms with E-state index in [1.165, 1.54) is 13.1 Å². The van der Waals surface area contributed by atoms with E-state index in [1.807, 2.05) is 36.4 Å². The number of carbonyl (C=O) groups excluding carboxylic acids is 2. The van der Waals surface area contributed by atoms with Crippen molar-refractivity contribution in [1.82, 2.24) is 5.32 Å². The van der Waals surface area contributed by atoms with Crippen LogP contribution in [0.5, 0.6) is 0 Å². The Morgan fingerprint density at radius 3 is 2.36 bits per heavy atom. The number of nitrogens with zero attached hydrogens (tertiary/aromatic N) is 2. The molecule has 6 nitrogen and oxygen atoms in total. The molecular weight excluding hydrogens is 316 g/mol. The highest BCUT2D eigenvalue weighted by Gasteiger charge is 2.23. The normalized spacial score (nSPS) is 10.6. The zero-order valence-electron chi connectivity index (χ0n) is 13.8. The summed E-state index contributed by atoms with van der Waals surface area (Å²) in [6.07, 6.45) is 1.32. The number of benzene rings is 2. The number of anilines is 2. The minimum Gasteiger partial charge on any atom is -0.399 e. The largest absolute Gasteiger partial charge is 0.399 e. The minimum atomic E-state index is -0.694. The predicted molar refractivity (Wildman–Crippen MR) is 96.0 cm³/mol. The van der Waals surface area contributed by atoms with E-state index in [-0.39, 0.29) is 5.57 Å². The fourth-order valence-electron chi connectivity index (χ4n) is 2.19. The van der Waals surface area contributed by atoms with Crippen LogP contribution in [0.25, 0.3) is 0 Å². The van der Waals surface area contributed by atoms with Crippen LogP contribution in [0, 0.1) is 11.3 Å². The zero-order valence-corrected chi connectivity index (χ0v) is 13.8. The lowest BCUT2D eigenvalue weighted by molar-refractivity contribution is -0.123. The third-order valence-electron chi connectivity index (χ3n) is 3.42. The standard InChI is InChI=1S/C19H18N4O2/c1-14(24)23(18-9-7-17(21)8-10-18)19(25)16(11-20)13-22-12-15-5-3-2-4-6-15/h2-10,13,22H,12,21H2,1H3/b16-13-. The van der Waals surface area contributed by atoms with E-state index in [9.17, 15) is 14.9 Å². The highest BCUT2D eigenvalue weighted by Crippen LogP contribution is 2.18. The van der Waals surface area contributed by atoms with Gasteiger partial charge in [0.25, 0.3) is 5.91 Å². The van der Waals surface area contributed by atoms with Crippen LogP contribution in [0.1, 0.15) is 12.5 Å². The number of nitriles is 1. The van der Waals surface area contributed by atoms with Crippen molar-refractivity contribution in [1.29, 1.82) is 5.26 Å². The molecule has 0 aromatic heterocycles. The van der Waals surface area contributed by atoms with Crippen molar-refractivity contribution in [3.63, 3.8) is 0 Å². The number of nitrogens with two attached hydrogens (primary N) is 1. The van der Waals surface area contributed by atoms with E-state index in [0.717, 1.165) is 10.5 Å². The van der Waals surface area contributed by atoms with Gasteiger partial charge in [-0.15, -0.1) is 0 Å². The van der Waals surface area contributed by atoms with E-state index in [1.54, 1.807) is 24.3 Å². The maximum absolute atomic E-state index is 12.6. The van der Waals surface area contributed by atoms with Crippen molar-refractivity contribution < 1.29 is 9.59 Å². The average Bonchev–Trinajstić information content (AvgIpc) is 2.61. The molecule has 126 valence electrons. The third kappa shape index (κ3) is 4.69. The lowest BCUT2D eigenvalue weighted by atomic mass is 10.2. The first kappa shape index (κ1) is 17.8. The van der Waals surface area contributed by atoms with Gasteiger partial charge < -0.3 is 11.1 Å². The van der Waals surface area contributed by atoms with Gasteiger partial charge in [0.1, 0.15) is 11.6 Å². The predicted octanol–water partition coefficient (Wildman–Crippen LogP) is 2.35. The van der Waals surface area contributed by atoms with Crippen molar-refractivity contribution in [3.05, 3.63) is 71.9 Å². The van der Waals surface area contributed by atoms with E-state index < -0.39 is 11.8 Å². The van der Waals surface area contributed by atoms with Gasteiger partial charge in [-0.05, 0) is 29.8 Å². The SMILES string of the molecule is CC(=O)N(C(=O)/C(C#N)=C\NCc1ccccc1)c1ccc(N)cc1. The Labute approximate surface area is 146 Å². The second-order valence-corrected chi connectivity index (χ2v) is 5.29. The molecule has 0 aliphatic carbocycles. The molecule has 0 bridgehead atoms. The highest BCUT2D eigenvalue weighted by atomic mass is 16.2. The molecule has 0 heterocycles. The average molecular weight is 334 g/mol. The number of hydrogen-bond donors (Lipinski definition) is 2. The lowest BCUT2D eigenvalue weighted by Crippen LogP contribution is -2.36. The molecular formula is C19H18N4O2. The molecule has 0 aliphatic rings. The van der Waals surface area contributed by atoms with Crippen LogP contribution in [-0.2, 0) is 16.1 Å². The monoisotopic (exact) mass is 334 g/mol. The van der Waals surface area contributed by atoms with Crippen LogP contribution in [0.3, 0.4) is 0 Å². The van der Waals surface area contributed by atoms with E-state index in [2.05, 4.69) is 5.32 Å². The number of imide groups is 1. The summed E-state index contributed by atoms with van der Waals surface area (Å²) in [5.41, 5.74) is 7.34. The van der Waals surface area contributed by atoms with Crippen LogP contribution in [0.2, 0.25) is 0 Å². The molecule has 0 saturated carbocycles. The van der Waals surface area contributed by atoms with Gasteiger partial charge in [0.05, 0.1) is 5.69 Å². The summed E-state index contributed by atoms with van der Waals surface area (Å²) < 4.78 is 0. The molecule has 0 atom stereocenters. The third-order valence-corrected chi connectivity index (χ3v) is 3.42. The van der Waals surface area contributed by atoms with Gasteiger partial charge in [-0.1, -0.05) is 30.3 Å². The molecule has 0 radical (unpaired) electrons. The van der Waals surface area contributed by atoms with E-state index in [4.69, 9.17) is 5.73 Å². The number of carbonyl (C=O) groups is 2. The first-order valence-corrected chi connectivity index (χ1v) is 7.61. The summed E-state index contributed by atoms with van der Waals surface area (Å²) in [7, 11) is 0. The molecule has 6 heteroatoms. The van der Waals surface area contributed by atoms with Gasteiger partial charge in [0.2, 0.25) is 5.91 Å². The van der Waals surface area contributed by atoms with E-state index >= 15 is 0 Å². The maximum atomic E-state index is 12.6. The van der Waals surface area contributed by atoms with Crippen molar-refractivity contribution in [2.75, 3.05) is 10.6 Å². The van der Waals surface area contributed by atoms with E-state index in [0.29, 0.717) is 17.9 Å². The highest BCUT2D eigenvalue weighted by molar-refractivity contribution is 6.21. The molecule has 0 unspecified atom stereocenters. The molecule has 0 saturated heterocycles. The Bertz CT molecular complexity index is 821. The molecule has 2 aromatic rings. The van der Waals surface area contributed by atoms with Crippen LogP contribution in [0.4, 0.5) is 11.4 Å². The maximum Gasteiger partial charge on any atom is 0.277 e. The fourth-order valence-corrected chi connectivity index (χ4v) is 2.19. The smallest absolute Gasteiger partial charge is 0.277 e. The zero-order chi connectivity index (χ0) is 18.2. The summed E-state index contributed by atoms with van der Waals surface area (Å²) in [4.78, 5) is 25.4. The Hall–Kier alpha value is -3.59. The number of rotatable bonds is 5. The number of amides is 2. The van der Waals surface area contributed by atoms with Gasteiger partial charge in [-0.2, -0.15) is 5.26 Å². The number of nitrogen functional groups attached to an aromatic ring is 1. The summed E-state index contributed by atoms with van der Waals surface area (Å²) >= 11 is 0. The summed E-state index contributed by atoms with van der Waals surface area (Å²) in [5.74, 6) is -1.18. The second kappa shape index (κ2) is 8.31. The molecule has 0 fully saturated rings.